The molecule has 3 aromatic heterocycles. The predicted molar refractivity (Wildman–Crippen MR) is 103 cm³/mol. The molecule has 1 aromatic carbocycles. The summed E-state index contributed by atoms with van der Waals surface area (Å²) in [5.41, 5.74) is -1.36. The van der Waals surface area contributed by atoms with Gasteiger partial charge in [-0.1, -0.05) is 29.8 Å². The number of aromatic nitrogens is 5. The number of anilines is 1. The highest BCUT2D eigenvalue weighted by Crippen LogP contribution is 2.32. The van der Waals surface area contributed by atoms with E-state index in [1.807, 2.05) is 0 Å². The molecule has 0 aliphatic rings. The lowest BCUT2D eigenvalue weighted by Crippen LogP contribution is -2.16. The third-order valence-electron chi connectivity index (χ3n) is 4.34. The van der Waals surface area contributed by atoms with Gasteiger partial charge in [-0.2, -0.15) is 23.4 Å². The van der Waals surface area contributed by atoms with Crippen LogP contribution in [-0.2, 0) is 12.7 Å². The Balaban J connectivity index is 1.60. The monoisotopic (exact) mass is 452 g/mol. The van der Waals surface area contributed by atoms with Crippen LogP contribution in [0.1, 0.15) is 27.4 Å². The van der Waals surface area contributed by atoms with Crippen molar-refractivity contribution in [1.29, 1.82) is 0 Å². The van der Waals surface area contributed by atoms with Crippen molar-refractivity contribution in [3.8, 4) is 0 Å². The van der Waals surface area contributed by atoms with Crippen molar-refractivity contribution in [2.75, 3.05) is 5.32 Å². The van der Waals surface area contributed by atoms with Crippen molar-refractivity contribution in [3.05, 3.63) is 76.1 Å². The van der Waals surface area contributed by atoms with Gasteiger partial charge in [0.25, 0.3) is 5.91 Å². The van der Waals surface area contributed by atoms with E-state index in [2.05, 4.69) is 20.5 Å². The zero-order valence-corrected chi connectivity index (χ0v) is 16.5. The number of nitrogens with zero attached hydrogens (tertiary/aromatic N) is 5. The van der Waals surface area contributed by atoms with Crippen LogP contribution < -0.4 is 5.32 Å². The molecule has 0 radical (unpaired) electrons. The molecule has 160 valence electrons. The zero-order valence-electron chi connectivity index (χ0n) is 15.8. The Bertz CT molecular complexity index is 1300. The Labute approximate surface area is 177 Å². The molecule has 0 aliphatic heterocycles. The van der Waals surface area contributed by atoms with E-state index in [4.69, 9.17) is 11.6 Å². The molecule has 7 nitrogen and oxygen atoms in total. The maximum absolute atomic E-state index is 13.8. The number of hydrogen-bond acceptors (Lipinski definition) is 4. The maximum Gasteiger partial charge on any atom is 0.433 e. The Hall–Kier alpha value is -3.47. The third kappa shape index (κ3) is 4.08. The highest BCUT2D eigenvalue weighted by atomic mass is 35.5. The quantitative estimate of drug-likeness (QED) is 0.467. The number of aryl methyl sites for hydroxylation is 1. The van der Waals surface area contributed by atoms with E-state index in [0.717, 1.165) is 6.07 Å². The number of rotatable bonds is 4. The fourth-order valence-electron chi connectivity index (χ4n) is 2.95. The van der Waals surface area contributed by atoms with E-state index < -0.39 is 29.3 Å². The van der Waals surface area contributed by atoms with Gasteiger partial charge in [0, 0.05) is 23.5 Å². The van der Waals surface area contributed by atoms with Crippen LogP contribution in [0.2, 0.25) is 5.02 Å². The molecule has 3 heterocycles. The molecule has 0 bridgehead atoms. The molecule has 0 atom stereocenters. The summed E-state index contributed by atoms with van der Waals surface area (Å²) < 4.78 is 55.6. The van der Waals surface area contributed by atoms with Crippen molar-refractivity contribution in [3.63, 3.8) is 0 Å². The van der Waals surface area contributed by atoms with E-state index in [9.17, 15) is 22.4 Å². The topological polar surface area (TPSA) is 77.1 Å². The van der Waals surface area contributed by atoms with E-state index in [-0.39, 0.29) is 28.7 Å². The van der Waals surface area contributed by atoms with Gasteiger partial charge in [-0.25, -0.2) is 13.9 Å². The van der Waals surface area contributed by atoms with E-state index in [1.54, 1.807) is 18.2 Å². The minimum Gasteiger partial charge on any atom is -0.304 e. The van der Waals surface area contributed by atoms with Crippen molar-refractivity contribution < 1.29 is 22.4 Å². The summed E-state index contributed by atoms with van der Waals surface area (Å²) in [5.74, 6) is -1.17. The third-order valence-corrected chi connectivity index (χ3v) is 4.69. The second kappa shape index (κ2) is 7.65. The number of halogens is 5. The summed E-state index contributed by atoms with van der Waals surface area (Å²) in [6.45, 7) is 1.50. The number of carbonyl (C=O) groups excluding carboxylic acids is 1. The second-order valence-electron chi connectivity index (χ2n) is 6.62. The SMILES string of the molecule is Cc1cc(C(F)(F)F)n2nc(C(=O)Nc3ccn(Cc4ccccc4F)n3)c(Cl)c2n1. The fourth-order valence-corrected chi connectivity index (χ4v) is 3.20. The Kier molecular flexibility index (Phi) is 5.13. The number of benzene rings is 1. The summed E-state index contributed by atoms with van der Waals surface area (Å²) in [4.78, 5) is 16.5. The van der Waals surface area contributed by atoms with Gasteiger partial charge in [-0.15, -0.1) is 0 Å². The zero-order chi connectivity index (χ0) is 22.3. The molecular weight excluding hydrogens is 440 g/mol. The largest absolute Gasteiger partial charge is 0.433 e. The van der Waals surface area contributed by atoms with Crippen LogP contribution in [0.15, 0.2) is 42.6 Å². The standard InChI is InChI=1S/C19H13ClF4N6O/c1-10-8-13(19(22,23)24)30-17(25-10)15(20)16(28-30)18(31)26-14-6-7-29(27-14)9-11-4-2-3-5-12(11)21/h2-8H,9H2,1H3,(H,26,27,31). The molecule has 1 N–H and O–H groups in total. The molecular formula is C19H13ClF4N6O. The molecule has 31 heavy (non-hydrogen) atoms. The smallest absolute Gasteiger partial charge is 0.304 e. The lowest BCUT2D eigenvalue weighted by Gasteiger charge is -2.09. The van der Waals surface area contributed by atoms with Crippen LogP contribution in [0, 0.1) is 12.7 Å². The highest BCUT2D eigenvalue weighted by Gasteiger charge is 2.36. The Morgan fingerprint density at radius 2 is 1.94 bits per heavy atom. The highest BCUT2D eigenvalue weighted by molar-refractivity contribution is 6.37. The van der Waals surface area contributed by atoms with Gasteiger partial charge >= 0.3 is 6.18 Å². The van der Waals surface area contributed by atoms with Crippen LogP contribution in [0.5, 0.6) is 0 Å². The van der Waals surface area contributed by atoms with Crippen LogP contribution in [0.3, 0.4) is 0 Å². The van der Waals surface area contributed by atoms with Gasteiger partial charge < -0.3 is 5.32 Å². The molecule has 12 heteroatoms. The van der Waals surface area contributed by atoms with Crippen molar-refractivity contribution in [2.24, 2.45) is 0 Å². The molecule has 0 saturated carbocycles. The number of alkyl halides is 3. The second-order valence-corrected chi connectivity index (χ2v) is 7.00. The summed E-state index contributed by atoms with van der Waals surface area (Å²) in [5, 5.41) is 9.92. The Morgan fingerprint density at radius 3 is 2.65 bits per heavy atom. The number of fused-ring (bicyclic) bond motifs is 1. The normalized spacial score (nSPS) is 11.8. The van der Waals surface area contributed by atoms with Crippen molar-refractivity contribution >= 4 is 29.0 Å². The first kappa shape index (κ1) is 20.8. The maximum atomic E-state index is 13.8. The molecule has 0 unspecified atom stereocenters. The van der Waals surface area contributed by atoms with Crippen LogP contribution >= 0.6 is 11.6 Å². The minimum absolute atomic E-state index is 0.0699. The molecule has 4 rings (SSSR count). The lowest BCUT2D eigenvalue weighted by molar-refractivity contribution is -0.142. The van der Waals surface area contributed by atoms with Gasteiger partial charge in [0.2, 0.25) is 0 Å². The van der Waals surface area contributed by atoms with Gasteiger partial charge in [0.1, 0.15) is 16.5 Å². The molecule has 0 saturated heterocycles. The number of nitrogens with one attached hydrogen (secondary N) is 1. The molecule has 4 aromatic rings. The van der Waals surface area contributed by atoms with E-state index in [1.165, 1.54) is 29.9 Å². The molecule has 1 amide bonds. The van der Waals surface area contributed by atoms with Gasteiger partial charge in [0.15, 0.2) is 17.2 Å². The minimum atomic E-state index is -4.72. The molecule has 0 aliphatic carbocycles. The first-order valence-corrected chi connectivity index (χ1v) is 9.22. The summed E-state index contributed by atoms with van der Waals surface area (Å²) >= 11 is 6.10. The lowest BCUT2D eigenvalue weighted by atomic mass is 10.2. The van der Waals surface area contributed by atoms with E-state index in [0.29, 0.717) is 10.1 Å². The fraction of sp³-hybridized carbons (Fsp3) is 0.158. The van der Waals surface area contributed by atoms with Crippen LogP contribution in [0.4, 0.5) is 23.4 Å². The summed E-state index contributed by atoms with van der Waals surface area (Å²) in [6, 6.07) is 8.42. The first-order chi connectivity index (χ1) is 14.6. The summed E-state index contributed by atoms with van der Waals surface area (Å²) in [7, 11) is 0. The number of carbonyl (C=O) groups is 1. The Morgan fingerprint density at radius 1 is 1.19 bits per heavy atom. The average Bonchev–Trinajstić information content (AvgIpc) is 3.27. The van der Waals surface area contributed by atoms with Crippen molar-refractivity contribution in [2.45, 2.75) is 19.6 Å². The first-order valence-electron chi connectivity index (χ1n) is 8.85. The number of amides is 1. The van der Waals surface area contributed by atoms with Crippen LogP contribution in [-0.4, -0.2) is 30.3 Å². The summed E-state index contributed by atoms with van der Waals surface area (Å²) in [6.07, 6.45) is -3.21. The molecule has 0 spiro atoms. The number of hydrogen-bond donors (Lipinski definition) is 1. The van der Waals surface area contributed by atoms with E-state index >= 15 is 0 Å². The average molecular weight is 453 g/mol. The predicted octanol–water partition coefficient (Wildman–Crippen LogP) is 4.35. The van der Waals surface area contributed by atoms with Gasteiger partial charge in [0.05, 0.1) is 6.54 Å². The molecule has 0 fully saturated rings. The van der Waals surface area contributed by atoms with Crippen LogP contribution in [0.25, 0.3) is 5.65 Å². The van der Waals surface area contributed by atoms with Crippen molar-refractivity contribution in [1.82, 2.24) is 24.4 Å². The van der Waals surface area contributed by atoms with Gasteiger partial charge in [-0.05, 0) is 19.1 Å². The van der Waals surface area contributed by atoms with Gasteiger partial charge in [-0.3, -0.25) is 9.48 Å².